The van der Waals surface area contributed by atoms with E-state index in [9.17, 15) is 4.79 Å². The Labute approximate surface area is 193 Å². The van der Waals surface area contributed by atoms with Crippen molar-refractivity contribution in [1.82, 2.24) is 4.98 Å². The monoisotopic (exact) mass is 440 g/mol. The SMILES string of the molecule is CC(C)c1ccc2nc(Nc3ccc(-c4ccc(C(=O)C5CCCC5)cc4)cc3)sc2c1. The first kappa shape index (κ1) is 20.9. The van der Waals surface area contributed by atoms with E-state index in [0.717, 1.165) is 45.9 Å². The van der Waals surface area contributed by atoms with Gasteiger partial charge in [-0.05, 0) is 59.7 Å². The third-order valence-corrected chi connectivity index (χ3v) is 7.38. The number of thiazole rings is 1. The van der Waals surface area contributed by atoms with Gasteiger partial charge >= 0.3 is 0 Å². The number of benzene rings is 3. The molecule has 0 unspecified atom stereocenters. The van der Waals surface area contributed by atoms with Crippen molar-refractivity contribution in [2.45, 2.75) is 45.4 Å². The highest BCUT2D eigenvalue weighted by Crippen LogP contribution is 2.32. The van der Waals surface area contributed by atoms with E-state index in [1.165, 1.54) is 23.1 Å². The summed E-state index contributed by atoms with van der Waals surface area (Å²) in [4.78, 5) is 17.3. The largest absolute Gasteiger partial charge is 0.332 e. The fourth-order valence-corrected chi connectivity index (χ4v) is 5.41. The van der Waals surface area contributed by atoms with Gasteiger partial charge in [0.1, 0.15) is 0 Å². The summed E-state index contributed by atoms with van der Waals surface area (Å²) in [6.07, 6.45) is 4.46. The van der Waals surface area contributed by atoms with Crippen molar-refractivity contribution in [3.63, 3.8) is 0 Å². The van der Waals surface area contributed by atoms with Gasteiger partial charge in [0, 0.05) is 17.2 Å². The number of aromatic nitrogens is 1. The number of carbonyl (C=O) groups excluding carboxylic acids is 1. The Bertz CT molecular complexity index is 1230. The zero-order chi connectivity index (χ0) is 22.1. The lowest BCUT2D eigenvalue weighted by Crippen LogP contribution is -2.10. The molecule has 0 amide bonds. The molecule has 1 saturated carbocycles. The highest BCUT2D eigenvalue weighted by atomic mass is 32.1. The summed E-state index contributed by atoms with van der Waals surface area (Å²) in [6.45, 7) is 4.42. The molecule has 0 spiro atoms. The molecule has 3 aromatic carbocycles. The summed E-state index contributed by atoms with van der Waals surface area (Å²) in [5, 5.41) is 4.34. The summed E-state index contributed by atoms with van der Waals surface area (Å²) < 4.78 is 1.21. The standard InChI is InChI=1S/C28H28N2OS/c1-18(2)23-13-16-25-26(17-23)32-28(30-25)29-24-14-11-20(12-15-24)19-7-9-22(10-8-19)27(31)21-5-3-4-6-21/h7-18,21H,3-6H2,1-2H3,(H,29,30). The first-order valence-corrected chi connectivity index (χ1v) is 12.3. The van der Waals surface area contributed by atoms with Gasteiger partial charge in [-0.1, -0.05) is 80.5 Å². The van der Waals surface area contributed by atoms with Crippen molar-refractivity contribution >= 4 is 38.2 Å². The van der Waals surface area contributed by atoms with E-state index in [1.807, 2.05) is 12.1 Å². The molecule has 1 N–H and O–H groups in total. The molecule has 1 aliphatic carbocycles. The molecular formula is C28H28N2OS. The maximum atomic E-state index is 12.6. The number of Topliss-reactive ketones (excluding diaryl/α,β-unsaturated/α-hetero) is 1. The Kier molecular flexibility index (Phi) is 5.79. The maximum Gasteiger partial charge on any atom is 0.188 e. The third-order valence-electron chi connectivity index (χ3n) is 6.44. The van der Waals surface area contributed by atoms with Crippen LogP contribution in [0, 0.1) is 5.92 Å². The Morgan fingerprint density at radius 1 is 0.938 bits per heavy atom. The van der Waals surface area contributed by atoms with E-state index in [-0.39, 0.29) is 5.92 Å². The van der Waals surface area contributed by atoms with Crippen LogP contribution in [0.5, 0.6) is 0 Å². The average molecular weight is 441 g/mol. The van der Waals surface area contributed by atoms with Gasteiger partial charge in [-0.15, -0.1) is 0 Å². The predicted octanol–water partition coefficient (Wildman–Crippen LogP) is 8.20. The molecule has 0 saturated heterocycles. The lowest BCUT2D eigenvalue weighted by atomic mass is 9.94. The van der Waals surface area contributed by atoms with E-state index in [4.69, 9.17) is 4.98 Å². The number of anilines is 2. The normalized spacial score (nSPS) is 14.3. The molecule has 1 aliphatic rings. The summed E-state index contributed by atoms with van der Waals surface area (Å²) >= 11 is 1.68. The van der Waals surface area contributed by atoms with Gasteiger partial charge in [0.15, 0.2) is 10.9 Å². The predicted molar refractivity (Wildman–Crippen MR) is 135 cm³/mol. The molecule has 0 radical (unpaired) electrons. The van der Waals surface area contributed by atoms with Crippen LogP contribution in [0.4, 0.5) is 10.8 Å². The number of carbonyl (C=O) groups is 1. The minimum atomic E-state index is 0.227. The molecule has 1 heterocycles. The number of hydrogen-bond donors (Lipinski definition) is 1. The number of nitrogens with one attached hydrogen (secondary N) is 1. The first-order valence-electron chi connectivity index (χ1n) is 11.5. The zero-order valence-corrected chi connectivity index (χ0v) is 19.4. The van der Waals surface area contributed by atoms with Crippen molar-refractivity contribution in [3.8, 4) is 11.1 Å². The fraction of sp³-hybridized carbons (Fsp3) is 0.286. The summed E-state index contributed by atoms with van der Waals surface area (Å²) in [5.41, 5.74) is 6.50. The van der Waals surface area contributed by atoms with Crippen molar-refractivity contribution in [3.05, 3.63) is 77.9 Å². The van der Waals surface area contributed by atoms with Gasteiger partial charge in [-0.2, -0.15) is 0 Å². The smallest absolute Gasteiger partial charge is 0.188 e. The Hall–Kier alpha value is -2.98. The number of fused-ring (bicyclic) bond motifs is 1. The molecule has 1 aromatic heterocycles. The lowest BCUT2D eigenvalue weighted by Gasteiger charge is -2.09. The molecule has 0 atom stereocenters. The average Bonchev–Trinajstić information content (AvgIpc) is 3.48. The Morgan fingerprint density at radius 3 is 2.25 bits per heavy atom. The van der Waals surface area contributed by atoms with Crippen LogP contribution in [0.3, 0.4) is 0 Å². The van der Waals surface area contributed by atoms with Crippen LogP contribution in [-0.4, -0.2) is 10.8 Å². The Morgan fingerprint density at radius 2 is 1.59 bits per heavy atom. The van der Waals surface area contributed by atoms with Crippen LogP contribution in [0.1, 0.15) is 61.4 Å². The van der Waals surface area contributed by atoms with Crippen LogP contribution in [0.25, 0.3) is 21.3 Å². The van der Waals surface area contributed by atoms with Gasteiger partial charge in [-0.3, -0.25) is 4.79 Å². The van der Waals surface area contributed by atoms with Gasteiger partial charge in [0.25, 0.3) is 0 Å². The van der Waals surface area contributed by atoms with Crippen LogP contribution >= 0.6 is 11.3 Å². The molecular weight excluding hydrogens is 412 g/mol. The molecule has 162 valence electrons. The van der Waals surface area contributed by atoms with E-state index in [2.05, 4.69) is 73.8 Å². The molecule has 32 heavy (non-hydrogen) atoms. The fourth-order valence-electron chi connectivity index (χ4n) is 4.47. The topological polar surface area (TPSA) is 42.0 Å². The molecule has 4 aromatic rings. The summed E-state index contributed by atoms with van der Waals surface area (Å²) in [6, 6.07) is 23.0. The highest BCUT2D eigenvalue weighted by molar-refractivity contribution is 7.22. The minimum Gasteiger partial charge on any atom is -0.332 e. The minimum absolute atomic E-state index is 0.227. The molecule has 1 fully saturated rings. The second-order valence-electron chi connectivity index (χ2n) is 9.03. The van der Waals surface area contributed by atoms with E-state index in [1.54, 1.807) is 11.3 Å². The first-order chi connectivity index (χ1) is 15.6. The van der Waals surface area contributed by atoms with Crippen LogP contribution in [-0.2, 0) is 0 Å². The van der Waals surface area contributed by atoms with Gasteiger partial charge in [0.05, 0.1) is 10.2 Å². The number of rotatable bonds is 6. The molecule has 0 aliphatic heterocycles. The highest BCUT2D eigenvalue weighted by Gasteiger charge is 2.23. The van der Waals surface area contributed by atoms with Crippen molar-refractivity contribution < 1.29 is 4.79 Å². The third kappa shape index (κ3) is 4.33. The summed E-state index contributed by atoms with van der Waals surface area (Å²) in [7, 11) is 0. The van der Waals surface area contributed by atoms with Gasteiger partial charge in [-0.25, -0.2) is 4.98 Å². The van der Waals surface area contributed by atoms with Crippen molar-refractivity contribution in [2.24, 2.45) is 5.92 Å². The molecule has 4 heteroatoms. The number of ketones is 1. The number of hydrogen-bond acceptors (Lipinski definition) is 4. The Balaban J connectivity index is 1.29. The quantitative estimate of drug-likeness (QED) is 0.307. The van der Waals surface area contributed by atoms with Crippen molar-refractivity contribution in [2.75, 3.05) is 5.32 Å². The van der Waals surface area contributed by atoms with Crippen LogP contribution < -0.4 is 5.32 Å². The van der Waals surface area contributed by atoms with Crippen LogP contribution in [0.2, 0.25) is 0 Å². The van der Waals surface area contributed by atoms with Crippen molar-refractivity contribution in [1.29, 1.82) is 0 Å². The summed E-state index contributed by atoms with van der Waals surface area (Å²) in [5.74, 6) is 1.05. The molecule has 0 bridgehead atoms. The zero-order valence-electron chi connectivity index (χ0n) is 18.6. The van der Waals surface area contributed by atoms with E-state index < -0.39 is 0 Å². The van der Waals surface area contributed by atoms with Gasteiger partial charge in [0.2, 0.25) is 0 Å². The van der Waals surface area contributed by atoms with E-state index in [0.29, 0.717) is 11.7 Å². The number of nitrogens with zero attached hydrogens (tertiary/aromatic N) is 1. The lowest BCUT2D eigenvalue weighted by molar-refractivity contribution is 0.0923. The van der Waals surface area contributed by atoms with E-state index >= 15 is 0 Å². The molecule has 3 nitrogen and oxygen atoms in total. The maximum absolute atomic E-state index is 12.6. The second kappa shape index (κ2) is 8.87. The second-order valence-corrected chi connectivity index (χ2v) is 10.1. The molecule has 5 rings (SSSR count). The van der Waals surface area contributed by atoms with Gasteiger partial charge < -0.3 is 5.32 Å². The van der Waals surface area contributed by atoms with Crippen LogP contribution in [0.15, 0.2) is 66.7 Å².